The Labute approximate surface area is 563 Å². The molecule has 2 saturated carbocycles. The van der Waals surface area contributed by atoms with Crippen LogP contribution in [0.3, 0.4) is 0 Å². The Morgan fingerprint density at radius 3 is 1.35 bits per heavy atom. The first-order chi connectivity index (χ1) is 42.9. The number of thiophene rings is 6. The average molecular weight is 1340 g/mol. The summed E-state index contributed by atoms with van der Waals surface area (Å²) in [6.07, 6.45) is 31.1. The second kappa shape index (κ2) is 30.0. The SMILES string of the molecule is CCCCCCCCc1cc(C=C2C(=O)CC(C)(C)CC2=O)sc1-c1ccc(-c2sc(C3Nc4cc5c(cc4S3)[NH2+]C(c3cc(CCCCCCCC)c(-c4ccc(-c6sc(C=C7C(=O)CC(C)(C)CC7=O)cc6CCCCCCCC)s4)s3)S5)cc2C)s1. The molecule has 3 N–H and O–H groups in total. The quantitative estimate of drug-likeness (QED) is 0.0209. The Bertz CT molecular complexity index is 3670. The van der Waals surface area contributed by atoms with Crippen LogP contribution >= 0.6 is 91.5 Å². The van der Waals surface area contributed by atoms with Gasteiger partial charge in [-0.1, -0.05) is 168 Å². The fourth-order valence-corrected chi connectivity index (χ4v) is 23.2. The van der Waals surface area contributed by atoms with Gasteiger partial charge < -0.3 is 5.32 Å². The number of hydrogen-bond acceptors (Lipinski definition) is 13. The van der Waals surface area contributed by atoms with Gasteiger partial charge in [0.2, 0.25) is 0 Å². The molecule has 1 aromatic carbocycles. The number of carbonyl (C=O) groups is 4. The summed E-state index contributed by atoms with van der Waals surface area (Å²) in [5.74, 6) is -0.0866. The van der Waals surface area contributed by atoms with Crippen molar-refractivity contribution < 1.29 is 24.5 Å². The zero-order valence-corrected chi connectivity index (χ0v) is 60.3. The lowest BCUT2D eigenvalue weighted by atomic mass is 9.74. The zero-order chi connectivity index (χ0) is 62.4. The van der Waals surface area contributed by atoms with Crippen LogP contribution in [-0.2, 0) is 38.4 Å². The summed E-state index contributed by atoms with van der Waals surface area (Å²) in [5, 5.41) is 6.87. The molecule has 8 heterocycles. The molecule has 89 heavy (non-hydrogen) atoms. The molecule has 14 heteroatoms. The Morgan fingerprint density at radius 1 is 0.461 bits per heavy atom. The highest BCUT2D eigenvalue weighted by atomic mass is 32.2. The molecule has 0 saturated heterocycles. The van der Waals surface area contributed by atoms with E-state index in [4.69, 9.17) is 0 Å². The van der Waals surface area contributed by atoms with Crippen molar-refractivity contribution in [3.05, 3.63) is 114 Å². The van der Waals surface area contributed by atoms with Crippen molar-refractivity contribution in [2.75, 3.05) is 5.32 Å². The summed E-state index contributed by atoms with van der Waals surface area (Å²) in [6.45, 7) is 17.2. The number of ketones is 4. The van der Waals surface area contributed by atoms with Crippen molar-refractivity contribution in [1.29, 1.82) is 0 Å². The van der Waals surface area contributed by atoms with Gasteiger partial charge in [-0.25, -0.2) is 0 Å². The molecule has 2 aliphatic carbocycles. The third kappa shape index (κ3) is 16.3. The molecule has 472 valence electrons. The summed E-state index contributed by atoms with van der Waals surface area (Å²) in [7, 11) is 0. The fraction of sp³-hybridized carbons (Fsp3) is 0.493. The number of aryl methyl sites for hydroxylation is 4. The number of quaternary nitrogens is 1. The summed E-state index contributed by atoms with van der Waals surface area (Å²) in [5.41, 5.74) is 8.20. The number of fused-ring (bicyclic) bond motifs is 2. The van der Waals surface area contributed by atoms with Gasteiger partial charge >= 0.3 is 0 Å². The van der Waals surface area contributed by atoms with E-state index in [1.54, 1.807) is 22.7 Å². The van der Waals surface area contributed by atoms with Crippen LogP contribution in [0.5, 0.6) is 0 Å². The molecular weight excluding hydrogens is 1250 g/mol. The van der Waals surface area contributed by atoms with Gasteiger partial charge in [0.05, 0.1) is 26.6 Å². The van der Waals surface area contributed by atoms with Crippen LogP contribution in [0, 0.1) is 17.8 Å². The van der Waals surface area contributed by atoms with Crippen LogP contribution in [0.4, 0.5) is 11.4 Å². The number of nitrogens with one attached hydrogen (secondary N) is 1. The molecule has 6 nitrogen and oxygen atoms in total. The molecule has 11 rings (SSSR count). The monoisotopic (exact) mass is 1340 g/mol. The third-order valence-corrected chi connectivity index (χ3v) is 28.5. The molecule has 4 aliphatic rings. The molecule has 2 unspecified atom stereocenters. The maximum atomic E-state index is 13.4. The van der Waals surface area contributed by atoms with E-state index in [2.05, 4.69) is 99.0 Å². The topological polar surface area (TPSA) is 96.9 Å². The van der Waals surface area contributed by atoms with Crippen molar-refractivity contribution >= 4 is 138 Å². The number of carbonyl (C=O) groups excluding carboxylic acids is 4. The van der Waals surface area contributed by atoms with Gasteiger partial charge in [0.15, 0.2) is 28.5 Å². The Balaban J connectivity index is 0.793. The van der Waals surface area contributed by atoms with E-state index in [0.717, 1.165) is 41.9 Å². The average Bonchev–Trinajstić information content (AvgIpc) is 1.71. The van der Waals surface area contributed by atoms with Crippen LogP contribution in [0.15, 0.2) is 81.6 Å². The van der Waals surface area contributed by atoms with Gasteiger partial charge in [-0.3, -0.25) is 24.5 Å². The smallest absolute Gasteiger partial charge is 0.177 e. The van der Waals surface area contributed by atoms with Crippen molar-refractivity contribution in [1.82, 2.24) is 0 Å². The van der Waals surface area contributed by atoms with E-state index in [9.17, 15) is 19.2 Å². The lowest BCUT2D eigenvalue weighted by Gasteiger charge is -2.28. The number of allylic oxidation sites excluding steroid dienone is 2. The van der Waals surface area contributed by atoms with Crippen LogP contribution in [0.25, 0.3) is 51.2 Å². The molecule has 7 aromatic rings. The standard InChI is InChI=1S/C75H90N2O4S8/c1-9-12-15-18-21-24-27-47-35-50(38-52-56(78)42-74(5,6)43-57(52)79)82-69(47)61-31-30-60(84-61)68-46(4)34-66(86-68)72-76-54-40-65-55(41-64(54)88-72)77-73(89-65)67-37-49(29-26-23-20-17-14-11-3)71(87-67)63-33-32-62(85-63)70-48(28-25-22-19-16-13-10-2)36-51(83-70)39-53-58(80)44-75(7,8)45-59(53)81/h30-41,72-73,76-77H,9-29,42-45H2,1-8H3/p+1. The van der Waals surface area contributed by atoms with Gasteiger partial charge in [0.1, 0.15) is 11.1 Å². The largest absolute Gasteiger partial charge is 0.368 e. The minimum absolute atomic E-state index is 0.0187. The number of hydrogen-bond donors (Lipinski definition) is 2. The summed E-state index contributed by atoms with van der Waals surface area (Å²) < 4.78 is 0. The number of unbranched alkanes of at least 4 members (excludes halogenated alkanes) is 15. The summed E-state index contributed by atoms with van der Waals surface area (Å²) in [6, 6.07) is 23.6. The Hall–Kier alpha value is -3.96. The van der Waals surface area contributed by atoms with E-state index < -0.39 is 0 Å². The normalized spacial score (nSPS) is 17.9. The molecule has 0 spiro atoms. The van der Waals surface area contributed by atoms with Crippen LogP contribution in [0.2, 0.25) is 0 Å². The Kier molecular flexibility index (Phi) is 22.4. The number of thioether (sulfide) groups is 2. The molecule has 2 fully saturated rings. The molecule has 6 aromatic heterocycles. The zero-order valence-electron chi connectivity index (χ0n) is 53.7. The molecule has 0 amide bonds. The van der Waals surface area contributed by atoms with Crippen LogP contribution in [-0.4, -0.2) is 23.1 Å². The molecule has 2 aliphatic heterocycles. The van der Waals surface area contributed by atoms with Gasteiger partial charge in [0.25, 0.3) is 0 Å². The molecular formula is C75H91N2O4S8+. The van der Waals surface area contributed by atoms with E-state index in [1.807, 2.05) is 109 Å². The first-order valence-corrected chi connectivity index (χ1v) is 40.0. The maximum absolute atomic E-state index is 13.4. The number of nitrogens with two attached hydrogens (primary N) is 1. The maximum Gasteiger partial charge on any atom is 0.177 e. The first-order valence-electron chi connectivity index (χ1n) is 33.3. The lowest BCUT2D eigenvalue weighted by Crippen LogP contribution is -2.76. The molecule has 2 atom stereocenters. The summed E-state index contributed by atoms with van der Waals surface area (Å²) in [4.78, 5) is 71.2. The first kappa shape index (κ1) is 66.5. The highest BCUT2D eigenvalue weighted by Gasteiger charge is 2.38. The van der Waals surface area contributed by atoms with E-state index >= 15 is 0 Å². The van der Waals surface area contributed by atoms with Gasteiger partial charge in [-0.05, 0) is 145 Å². The number of benzene rings is 1. The van der Waals surface area contributed by atoms with E-state index in [1.165, 1.54) is 195 Å². The lowest BCUT2D eigenvalue weighted by molar-refractivity contribution is -0.589. The van der Waals surface area contributed by atoms with Crippen molar-refractivity contribution in [3.8, 4) is 39.0 Å². The van der Waals surface area contributed by atoms with E-state index in [0.29, 0.717) is 36.8 Å². The van der Waals surface area contributed by atoms with Gasteiger partial charge in [-0.2, -0.15) is 0 Å². The fourth-order valence-electron chi connectivity index (χ4n) is 13.2. The third-order valence-electron chi connectivity index (χ3n) is 18.0. The molecule has 0 radical (unpaired) electrons. The second-order valence-electron chi connectivity index (χ2n) is 27.1. The number of anilines is 1. The van der Waals surface area contributed by atoms with Crippen molar-refractivity contribution in [2.24, 2.45) is 10.8 Å². The summed E-state index contributed by atoms with van der Waals surface area (Å²) >= 11 is 15.1. The Morgan fingerprint density at radius 2 is 0.876 bits per heavy atom. The highest BCUT2D eigenvalue weighted by molar-refractivity contribution is 8.00. The van der Waals surface area contributed by atoms with Crippen molar-refractivity contribution in [2.45, 2.75) is 236 Å². The predicted molar refractivity (Wildman–Crippen MR) is 389 cm³/mol. The van der Waals surface area contributed by atoms with Crippen LogP contribution in [0.1, 0.15) is 242 Å². The van der Waals surface area contributed by atoms with Crippen molar-refractivity contribution in [3.63, 3.8) is 0 Å². The highest BCUT2D eigenvalue weighted by Crippen LogP contribution is 2.55. The van der Waals surface area contributed by atoms with E-state index in [-0.39, 0.29) is 44.7 Å². The molecule has 0 bridgehead atoms. The van der Waals surface area contributed by atoms with Gasteiger partial charge in [-0.15, -0.1) is 68.0 Å². The minimum Gasteiger partial charge on any atom is -0.368 e. The number of Topliss-reactive ketones (excluding diaryl/α,β-unsaturated/α-hetero) is 4. The second-order valence-corrected chi connectivity index (χ2v) is 36.0. The number of rotatable bonds is 29. The minimum atomic E-state index is -0.285. The predicted octanol–water partition coefficient (Wildman–Crippen LogP) is 23.6. The van der Waals surface area contributed by atoms with Crippen LogP contribution < -0.4 is 10.6 Å². The van der Waals surface area contributed by atoms with Gasteiger partial charge in [0, 0.05) is 90.3 Å².